The molecule has 0 aliphatic carbocycles. The second kappa shape index (κ2) is 3.68. The number of hydrogen-bond donors (Lipinski definition) is 1. The van der Waals surface area contributed by atoms with E-state index in [1.807, 2.05) is 6.92 Å². The Kier molecular flexibility index (Phi) is 2.83. The molecule has 1 aliphatic rings. The molecule has 0 aromatic carbocycles. The SMILES string of the molecule is CCC(=O)[C@@H]1CNCCO1. The van der Waals surface area contributed by atoms with Crippen LogP contribution in [-0.2, 0) is 9.53 Å². The second-order valence-corrected chi connectivity index (χ2v) is 2.38. The van der Waals surface area contributed by atoms with Gasteiger partial charge in [0.2, 0.25) is 0 Å². The summed E-state index contributed by atoms with van der Waals surface area (Å²) in [6.45, 7) is 4.08. The van der Waals surface area contributed by atoms with Gasteiger partial charge >= 0.3 is 0 Å². The highest BCUT2D eigenvalue weighted by molar-refractivity contribution is 5.83. The number of ether oxygens (including phenoxy) is 1. The summed E-state index contributed by atoms with van der Waals surface area (Å²) in [5.41, 5.74) is 0. The molecule has 1 N–H and O–H groups in total. The first-order valence-corrected chi connectivity index (χ1v) is 3.69. The van der Waals surface area contributed by atoms with E-state index in [-0.39, 0.29) is 11.9 Å². The van der Waals surface area contributed by atoms with Crippen molar-refractivity contribution in [2.45, 2.75) is 19.4 Å². The first-order chi connectivity index (χ1) is 4.84. The molecule has 0 aromatic rings. The van der Waals surface area contributed by atoms with Crippen molar-refractivity contribution in [3.8, 4) is 0 Å². The first-order valence-electron chi connectivity index (χ1n) is 3.69. The number of ketones is 1. The zero-order chi connectivity index (χ0) is 7.40. The summed E-state index contributed by atoms with van der Waals surface area (Å²) in [7, 11) is 0. The van der Waals surface area contributed by atoms with Gasteiger partial charge in [0.25, 0.3) is 0 Å². The molecule has 10 heavy (non-hydrogen) atoms. The summed E-state index contributed by atoms with van der Waals surface area (Å²) in [5, 5.41) is 3.10. The molecule has 58 valence electrons. The van der Waals surface area contributed by atoms with Gasteiger partial charge in [0.1, 0.15) is 6.10 Å². The van der Waals surface area contributed by atoms with Crippen LogP contribution in [0, 0.1) is 0 Å². The standard InChI is InChI=1S/C7H13NO2/c1-2-6(9)7-5-8-3-4-10-7/h7-8H,2-5H2,1H3/t7-/m0/s1. The number of rotatable bonds is 2. The van der Waals surface area contributed by atoms with Gasteiger partial charge < -0.3 is 10.1 Å². The van der Waals surface area contributed by atoms with Gasteiger partial charge in [-0.25, -0.2) is 0 Å². The normalized spacial score (nSPS) is 26.3. The molecule has 3 heteroatoms. The summed E-state index contributed by atoms with van der Waals surface area (Å²) in [5.74, 6) is 0.201. The predicted octanol–water partition coefficient (Wildman–Crippen LogP) is -0.0461. The van der Waals surface area contributed by atoms with Crippen LogP contribution in [0.1, 0.15) is 13.3 Å². The van der Waals surface area contributed by atoms with Crippen LogP contribution in [0.2, 0.25) is 0 Å². The van der Waals surface area contributed by atoms with Crippen molar-refractivity contribution < 1.29 is 9.53 Å². The topological polar surface area (TPSA) is 38.3 Å². The lowest BCUT2D eigenvalue weighted by Gasteiger charge is -2.21. The smallest absolute Gasteiger partial charge is 0.162 e. The van der Waals surface area contributed by atoms with Gasteiger partial charge in [0, 0.05) is 19.5 Å². The zero-order valence-corrected chi connectivity index (χ0v) is 6.22. The molecule has 0 unspecified atom stereocenters. The molecule has 1 rings (SSSR count). The Morgan fingerprint density at radius 2 is 2.60 bits per heavy atom. The van der Waals surface area contributed by atoms with Gasteiger partial charge in [-0.15, -0.1) is 0 Å². The van der Waals surface area contributed by atoms with Crippen molar-refractivity contribution in [1.82, 2.24) is 5.32 Å². The molecule has 1 heterocycles. The van der Waals surface area contributed by atoms with Gasteiger partial charge in [0.15, 0.2) is 5.78 Å². The maximum absolute atomic E-state index is 11.0. The average molecular weight is 143 g/mol. The molecule has 1 aliphatic heterocycles. The van der Waals surface area contributed by atoms with E-state index in [2.05, 4.69) is 5.32 Å². The predicted molar refractivity (Wildman–Crippen MR) is 37.9 cm³/mol. The fourth-order valence-electron chi connectivity index (χ4n) is 1.000. The van der Waals surface area contributed by atoms with Gasteiger partial charge in [-0.2, -0.15) is 0 Å². The van der Waals surface area contributed by atoms with Crippen LogP contribution < -0.4 is 5.32 Å². The van der Waals surface area contributed by atoms with Crippen molar-refractivity contribution in [3.05, 3.63) is 0 Å². The van der Waals surface area contributed by atoms with Crippen LogP contribution in [0.25, 0.3) is 0 Å². The van der Waals surface area contributed by atoms with Crippen molar-refractivity contribution in [3.63, 3.8) is 0 Å². The highest BCUT2D eigenvalue weighted by atomic mass is 16.5. The third kappa shape index (κ3) is 1.78. The van der Waals surface area contributed by atoms with Crippen LogP contribution >= 0.6 is 0 Å². The van der Waals surface area contributed by atoms with E-state index in [1.54, 1.807) is 0 Å². The van der Waals surface area contributed by atoms with Crippen LogP contribution in [0.4, 0.5) is 0 Å². The van der Waals surface area contributed by atoms with Crippen molar-refractivity contribution in [2.75, 3.05) is 19.7 Å². The summed E-state index contributed by atoms with van der Waals surface area (Å²) in [6, 6.07) is 0. The maximum Gasteiger partial charge on any atom is 0.162 e. The summed E-state index contributed by atoms with van der Waals surface area (Å²) < 4.78 is 5.22. The lowest BCUT2D eigenvalue weighted by Crippen LogP contribution is -2.42. The third-order valence-electron chi connectivity index (χ3n) is 1.64. The minimum absolute atomic E-state index is 0.182. The van der Waals surface area contributed by atoms with Gasteiger partial charge in [0.05, 0.1) is 6.61 Å². The van der Waals surface area contributed by atoms with E-state index in [9.17, 15) is 4.79 Å². The van der Waals surface area contributed by atoms with Crippen LogP contribution in [0.3, 0.4) is 0 Å². The summed E-state index contributed by atoms with van der Waals surface area (Å²) >= 11 is 0. The van der Waals surface area contributed by atoms with E-state index in [4.69, 9.17) is 4.74 Å². The van der Waals surface area contributed by atoms with E-state index in [1.165, 1.54) is 0 Å². The molecule has 1 atom stereocenters. The number of hydrogen-bond acceptors (Lipinski definition) is 3. The van der Waals surface area contributed by atoms with Crippen LogP contribution in [0.5, 0.6) is 0 Å². The third-order valence-corrected chi connectivity index (χ3v) is 1.64. The second-order valence-electron chi connectivity index (χ2n) is 2.38. The molecule has 0 amide bonds. The Balaban J connectivity index is 2.31. The number of carbonyl (C=O) groups excluding carboxylic acids is 1. The monoisotopic (exact) mass is 143 g/mol. The molecule has 0 radical (unpaired) electrons. The minimum atomic E-state index is -0.182. The number of nitrogens with one attached hydrogen (secondary N) is 1. The quantitative estimate of drug-likeness (QED) is 0.589. The average Bonchev–Trinajstić information content (AvgIpc) is 2.05. The molecule has 0 saturated carbocycles. The van der Waals surface area contributed by atoms with Gasteiger partial charge in [-0.1, -0.05) is 6.92 Å². The van der Waals surface area contributed by atoms with Crippen LogP contribution in [0.15, 0.2) is 0 Å². The largest absolute Gasteiger partial charge is 0.368 e. The lowest BCUT2D eigenvalue weighted by atomic mass is 10.1. The van der Waals surface area contributed by atoms with Gasteiger partial charge in [-0.05, 0) is 0 Å². The Bertz CT molecular complexity index is 119. The van der Waals surface area contributed by atoms with Crippen LogP contribution in [-0.4, -0.2) is 31.6 Å². The van der Waals surface area contributed by atoms with E-state index >= 15 is 0 Å². The molecular formula is C7H13NO2. The fourth-order valence-corrected chi connectivity index (χ4v) is 1.000. The van der Waals surface area contributed by atoms with E-state index < -0.39 is 0 Å². The lowest BCUT2D eigenvalue weighted by molar-refractivity contribution is -0.131. The first kappa shape index (κ1) is 7.69. The Morgan fingerprint density at radius 3 is 3.10 bits per heavy atom. The van der Waals surface area contributed by atoms with Crippen molar-refractivity contribution in [1.29, 1.82) is 0 Å². The highest BCUT2D eigenvalue weighted by Gasteiger charge is 2.19. The number of morpholine rings is 1. The molecule has 3 nitrogen and oxygen atoms in total. The van der Waals surface area contributed by atoms with Gasteiger partial charge in [-0.3, -0.25) is 4.79 Å². The van der Waals surface area contributed by atoms with Crippen molar-refractivity contribution >= 4 is 5.78 Å². The molecular weight excluding hydrogens is 130 g/mol. The summed E-state index contributed by atoms with van der Waals surface area (Å²) in [4.78, 5) is 11.0. The Morgan fingerprint density at radius 1 is 1.80 bits per heavy atom. The van der Waals surface area contributed by atoms with E-state index in [0.29, 0.717) is 19.6 Å². The number of Topliss-reactive ketones (excluding diaryl/α,β-unsaturated/α-hetero) is 1. The molecule has 1 saturated heterocycles. The maximum atomic E-state index is 11.0. The Labute approximate surface area is 60.7 Å². The zero-order valence-electron chi connectivity index (χ0n) is 6.22. The molecule has 0 bridgehead atoms. The Hall–Kier alpha value is -0.410. The highest BCUT2D eigenvalue weighted by Crippen LogP contribution is 1.99. The molecule has 0 aromatic heterocycles. The van der Waals surface area contributed by atoms with E-state index in [0.717, 1.165) is 6.54 Å². The number of carbonyl (C=O) groups is 1. The minimum Gasteiger partial charge on any atom is -0.368 e. The molecule has 1 fully saturated rings. The molecule has 0 spiro atoms. The summed E-state index contributed by atoms with van der Waals surface area (Å²) in [6.07, 6.45) is 0.394. The fraction of sp³-hybridized carbons (Fsp3) is 0.857. The van der Waals surface area contributed by atoms with Crippen molar-refractivity contribution in [2.24, 2.45) is 0 Å².